The summed E-state index contributed by atoms with van der Waals surface area (Å²) in [6.07, 6.45) is 0. The van der Waals surface area contributed by atoms with Gasteiger partial charge in [0.2, 0.25) is 5.91 Å². The minimum atomic E-state index is -0.385. The fourth-order valence-electron chi connectivity index (χ4n) is 2.60. The molecule has 0 bridgehead atoms. The van der Waals surface area contributed by atoms with Gasteiger partial charge in [-0.25, -0.2) is 18.9 Å². The highest BCUT2D eigenvalue weighted by Gasteiger charge is 2.14. The van der Waals surface area contributed by atoms with Crippen LogP contribution < -0.4 is 10.9 Å². The highest BCUT2D eigenvalue weighted by Crippen LogP contribution is 2.27. The predicted octanol–water partition coefficient (Wildman–Crippen LogP) is 3.61. The number of nitrogens with one attached hydrogen (secondary N) is 2. The maximum Gasteiger partial charge on any atom is 0.266 e. The van der Waals surface area contributed by atoms with E-state index in [9.17, 15) is 14.0 Å². The average Bonchev–Trinajstić information content (AvgIpc) is 3.08. The van der Waals surface area contributed by atoms with Gasteiger partial charge < -0.3 is 5.32 Å². The Labute approximate surface area is 172 Å². The third kappa shape index (κ3) is 4.30. The zero-order valence-corrected chi connectivity index (χ0v) is 16.3. The summed E-state index contributed by atoms with van der Waals surface area (Å²) in [5.41, 5.74) is 1.12. The van der Waals surface area contributed by atoms with Crippen LogP contribution >= 0.6 is 23.4 Å². The normalized spacial score (nSPS) is 11.0. The molecule has 1 amide bonds. The van der Waals surface area contributed by atoms with Crippen LogP contribution in [0.4, 0.5) is 10.1 Å². The van der Waals surface area contributed by atoms with Crippen LogP contribution in [-0.2, 0) is 4.79 Å². The molecule has 0 aliphatic heterocycles. The third-order valence-electron chi connectivity index (χ3n) is 3.90. The van der Waals surface area contributed by atoms with Crippen molar-refractivity contribution in [2.45, 2.75) is 5.16 Å². The number of hydrogen-bond acceptors (Lipinski definition) is 5. The van der Waals surface area contributed by atoms with Crippen LogP contribution in [0.2, 0.25) is 5.02 Å². The fourth-order valence-corrected chi connectivity index (χ4v) is 3.58. The molecule has 0 aliphatic rings. The Morgan fingerprint density at radius 1 is 1.17 bits per heavy atom. The number of amides is 1. The zero-order valence-electron chi connectivity index (χ0n) is 14.7. The number of carbonyl (C=O) groups excluding carboxylic acids is 1. The molecule has 2 N–H and O–H groups in total. The third-order valence-corrected chi connectivity index (χ3v) is 5.17. The summed E-state index contributed by atoms with van der Waals surface area (Å²) in [6.45, 7) is 0. The second kappa shape index (κ2) is 8.06. The standard InChI is InChI=1S/C19H13ClFN5O2S/c20-14-4-2-1-3-13(14)18-23-15-9-16(27)25-26(15)19(24-18)29-10-17(28)22-12-7-5-11(21)6-8-12/h1-9H,10H2,(H,22,28)(H,25,27). The Morgan fingerprint density at radius 3 is 2.69 bits per heavy atom. The quantitative estimate of drug-likeness (QED) is 0.473. The number of nitrogens with zero attached hydrogens (tertiary/aromatic N) is 3. The number of fused-ring (bicyclic) bond motifs is 1. The van der Waals surface area contributed by atoms with Crippen molar-refractivity contribution in [3.8, 4) is 11.4 Å². The number of H-pyrrole nitrogens is 1. The van der Waals surface area contributed by atoms with Crippen molar-refractivity contribution >= 4 is 40.6 Å². The van der Waals surface area contributed by atoms with Crippen molar-refractivity contribution in [2.75, 3.05) is 11.1 Å². The first-order valence-electron chi connectivity index (χ1n) is 8.42. The molecule has 7 nitrogen and oxygen atoms in total. The van der Waals surface area contributed by atoms with Gasteiger partial charge in [0.1, 0.15) is 5.82 Å². The van der Waals surface area contributed by atoms with Gasteiger partial charge in [0, 0.05) is 17.3 Å². The van der Waals surface area contributed by atoms with Gasteiger partial charge in [0.15, 0.2) is 16.6 Å². The first-order chi connectivity index (χ1) is 14.0. The smallest absolute Gasteiger partial charge is 0.266 e. The lowest BCUT2D eigenvalue weighted by Crippen LogP contribution is -2.15. The van der Waals surface area contributed by atoms with E-state index < -0.39 is 0 Å². The maximum absolute atomic E-state index is 13.0. The summed E-state index contributed by atoms with van der Waals surface area (Å²) in [6, 6.07) is 13.9. The van der Waals surface area contributed by atoms with Crippen LogP contribution in [0.3, 0.4) is 0 Å². The van der Waals surface area contributed by atoms with E-state index in [2.05, 4.69) is 20.4 Å². The number of thioether (sulfide) groups is 1. The summed E-state index contributed by atoms with van der Waals surface area (Å²) in [5, 5.41) is 6.13. The van der Waals surface area contributed by atoms with Crippen LogP contribution in [0.25, 0.3) is 17.0 Å². The first-order valence-corrected chi connectivity index (χ1v) is 9.79. The number of rotatable bonds is 5. The SMILES string of the molecule is O=C(CSc1nc(-c2ccccc2Cl)nc2cc(=O)[nH]n12)Nc1ccc(F)cc1. The van der Waals surface area contributed by atoms with Gasteiger partial charge in [-0.15, -0.1) is 0 Å². The van der Waals surface area contributed by atoms with Gasteiger partial charge in [-0.05, 0) is 36.4 Å². The van der Waals surface area contributed by atoms with E-state index in [1.165, 1.54) is 34.8 Å². The van der Waals surface area contributed by atoms with E-state index in [0.717, 1.165) is 11.8 Å². The molecule has 2 heterocycles. The molecule has 0 unspecified atom stereocenters. The Balaban J connectivity index is 1.60. The largest absolute Gasteiger partial charge is 0.325 e. The molecular weight excluding hydrogens is 417 g/mol. The van der Waals surface area contributed by atoms with E-state index in [0.29, 0.717) is 32.9 Å². The number of anilines is 1. The van der Waals surface area contributed by atoms with Crippen LogP contribution in [-0.4, -0.2) is 31.2 Å². The van der Waals surface area contributed by atoms with E-state index in [-0.39, 0.29) is 23.0 Å². The Morgan fingerprint density at radius 2 is 1.93 bits per heavy atom. The molecule has 146 valence electrons. The molecule has 29 heavy (non-hydrogen) atoms. The lowest BCUT2D eigenvalue weighted by molar-refractivity contribution is -0.113. The molecule has 0 radical (unpaired) electrons. The Kier molecular flexibility index (Phi) is 5.32. The van der Waals surface area contributed by atoms with E-state index in [1.807, 2.05) is 0 Å². The molecule has 4 aromatic rings. The van der Waals surface area contributed by atoms with Crippen LogP contribution in [0.5, 0.6) is 0 Å². The fraction of sp³-hybridized carbons (Fsp3) is 0.0526. The van der Waals surface area contributed by atoms with Crippen molar-refractivity contribution in [1.29, 1.82) is 0 Å². The molecule has 4 rings (SSSR count). The van der Waals surface area contributed by atoms with Crippen LogP contribution in [0.15, 0.2) is 64.5 Å². The monoisotopic (exact) mass is 429 g/mol. The van der Waals surface area contributed by atoms with E-state index >= 15 is 0 Å². The summed E-state index contributed by atoms with van der Waals surface area (Å²) < 4.78 is 14.4. The zero-order chi connectivity index (χ0) is 20.4. The second-order valence-corrected chi connectivity index (χ2v) is 7.32. The average molecular weight is 430 g/mol. The van der Waals surface area contributed by atoms with Gasteiger partial charge in [-0.1, -0.05) is 35.5 Å². The van der Waals surface area contributed by atoms with Crippen LogP contribution in [0, 0.1) is 5.82 Å². The molecule has 0 atom stereocenters. The highest BCUT2D eigenvalue weighted by molar-refractivity contribution is 7.99. The Hall–Kier alpha value is -3.17. The molecule has 0 saturated carbocycles. The Bertz CT molecular complexity index is 1260. The van der Waals surface area contributed by atoms with Gasteiger partial charge >= 0.3 is 0 Å². The molecule has 10 heteroatoms. The van der Waals surface area contributed by atoms with Crippen molar-refractivity contribution < 1.29 is 9.18 Å². The topological polar surface area (TPSA) is 92.2 Å². The molecule has 0 aliphatic carbocycles. The first kappa shape index (κ1) is 19.2. The summed E-state index contributed by atoms with van der Waals surface area (Å²) in [7, 11) is 0. The van der Waals surface area contributed by atoms with E-state index in [4.69, 9.17) is 11.6 Å². The number of hydrogen-bond donors (Lipinski definition) is 2. The maximum atomic E-state index is 13.0. The number of halogens is 2. The number of benzene rings is 2. The summed E-state index contributed by atoms with van der Waals surface area (Å²) in [4.78, 5) is 32.9. The number of aromatic nitrogens is 4. The minimum Gasteiger partial charge on any atom is -0.325 e. The molecule has 2 aromatic heterocycles. The van der Waals surface area contributed by atoms with E-state index in [1.54, 1.807) is 24.3 Å². The summed E-state index contributed by atoms with van der Waals surface area (Å²) >= 11 is 7.36. The highest BCUT2D eigenvalue weighted by atomic mass is 35.5. The van der Waals surface area contributed by atoms with Crippen molar-refractivity contribution in [3.05, 3.63) is 75.8 Å². The van der Waals surface area contributed by atoms with Gasteiger partial charge in [-0.2, -0.15) is 0 Å². The molecular formula is C19H13ClFN5O2S. The molecule has 0 spiro atoms. The van der Waals surface area contributed by atoms with Gasteiger partial charge in [-0.3, -0.25) is 14.7 Å². The second-order valence-electron chi connectivity index (χ2n) is 5.97. The van der Waals surface area contributed by atoms with Gasteiger partial charge in [0.05, 0.1) is 10.8 Å². The number of carbonyl (C=O) groups is 1. The molecule has 0 fully saturated rings. The van der Waals surface area contributed by atoms with Crippen LogP contribution in [0.1, 0.15) is 0 Å². The molecule has 2 aromatic carbocycles. The lowest BCUT2D eigenvalue weighted by atomic mass is 10.2. The minimum absolute atomic E-state index is 0.0195. The van der Waals surface area contributed by atoms with Crippen molar-refractivity contribution in [1.82, 2.24) is 19.6 Å². The summed E-state index contributed by atoms with van der Waals surface area (Å²) in [5.74, 6) is -0.325. The lowest BCUT2D eigenvalue weighted by Gasteiger charge is -2.09. The predicted molar refractivity (Wildman–Crippen MR) is 110 cm³/mol. The van der Waals surface area contributed by atoms with Crippen molar-refractivity contribution in [2.24, 2.45) is 0 Å². The van der Waals surface area contributed by atoms with Crippen molar-refractivity contribution in [3.63, 3.8) is 0 Å². The van der Waals surface area contributed by atoms with Gasteiger partial charge in [0.25, 0.3) is 5.56 Å². The number of aromatic amines is 1. The molecule has 0 saturated heterocycles.